The van der Waals surface area contributed by atoms with Gasteiger partial charge in [-0.15, -0.1) is 0 Å². The summed E-state index contributed by atoms with van der Waals surface area (Å²) in [6.45, 7) is 2.34. The molecule has 95 heavy (non-hydrogen) atoms. The van der Waals surface area contributed by atoms with Crippen LogP contribution in [0.15, 0.2) is 78.9 Å². The van der Waals surface area contributed by atoms with Crippen molar-refractivity contribution in [2.75, 3.05) is 39.8 Å². The Bertz CT molecular complexity index is 4460. The fourth-order valence-electron chi connectivity index (χ4n) is 11.1. The monoisotopic (exact) mass is 1410 g/mol. The van der Waals surface area contributed by atoms with E-state index in [2.05, 4.69) is 24.9 Å². The maximum atomic E-state index is 14.1. The molecule has 5 fully saturated rings. The SMILES string of the molecule is Cc1cn([C@H]2C[C@H](OCOC[C@H]3O[C@@H](n4cc(C)c(=O)[nH]c4=O)C[C@@H]3OP(=O)(O)OC[C@H]3O[C@@H](n4cc(C)c(=O)[nH]c4=O)C[C@@H]3OP(=O)(O)OC[C@H]3O[C@@H](n4cc(C)c(=O)[nH]c4=O)C[C@@H]3O)[C@@H](COP(=O)(O)O[C@H]3C[C@H](n4cc(C)c(=O)[nH]c4=O)O[C@@H]3CO)O2)c(=O)[nH]c1=O. The topological polar surface area (TPSA) is 547 Å². The number of H-pyrrole nitrogens is 5. The van der Waals surface area contributed by atoms with Crippen LogP contribution in [0.3, 0.4) is 0 Å². The van der Waals surface area contributed by atoms with Crippen LogP contribution >= 0.6 is 23.5 Å². The normalized spacial score (nSPS) is 29.6. The van der Waals surface area contributed by atoms with Gasteiger partial charge in [0.25, 0.3) is 27.8 Å². The van der Waals surface area contributed by atoms with E-state index in [4.69, 9.17) is 60.3 Å². The molecule has 0 bridgehead atoms. The number of aliphatic hydroxyl groups is 2. The fraction of sp³-hybridized carbons (Fsp3) is 0.608. The number of hydrogen-bond acceptors (Lipinski definition) is 28. The summed E-state index contributed by atoms with van der Waals surface area (Å²) in [5.74, 6) is 0. The van der Waals surface area contributed by atoms with Crippen molar-refractivity contribution in [3.05, 3.63) is 163 Å². The number of aryl methyl sites for hydroxylation is 5. The zero-order chi connectivity index (χ0) is 68.7. The first-order valence-electron chi connectivity index (χ1n) is 29.1. The second-order valence-corrected chi connectivity index (χ2v) is 27.1. The molecule has 5 saturated heterocycles. The molecule has 5 aliphatic rings. The highest BCUT2D eigenvalue weighted by atomic mass is 31.2. The van der Waals surface area contributed by atoms with Crippen LogP contribution in [0, 0.1) is 34.6 Å². The van der Waals surface area contributed by atoms with E-state index in [0.717, 1.165) is 35.2 Å². The summed E-state index contributed by atoms with van der Waals surface area (Å²) in [4.78, 5) is 169. The van der Waals surface area contributed by atoms with Crippen molar-refractivity contribution in [3.63, 3.8) is 0 Å². The van der Waals surface area contributed by atoms with E-state index < -0.39 is 225 Å². The Morgan fingerprint density at radius 2 is 0.674 bits per heavy atom. The lowest BCUT2D eigenvalue weighted by Gasteiger charge is -2.25. The molecule has 44 heteroatoms. The van der Waals surface area contributed by atoms with E-state index in [1.165, 1.54) is 53.2 Å². The number of phosphoric ester groups is 3. The van der Waals surface area contributed by atoms with Gasteiger partial charge in [-0.25, -0.2) is 37.7 Å². The average molecular weight is 1410 g/mol. The molecule has 18 atom stereocenters. The molecule has 0 aromatic carbocycles. The van der Waals surface area contributed by atoms with Crippen LogP contribution in [0.25, 0.3) is 0 Å². The van der Waals surface area contributed by atoms with E-state index in [-0.39, 0.29) is 47.1 Å². The van der Waals surface area contributed by atoms with Crippen LogP contribution in [0.2, 0.25) is 0 Å². The highest BCUT2D eigenvalue weighted by Gasteiger charge is 2.48. The van der Waals surface area contributed by atoms with Crippen molar-refractivity contribution in [2.45, 2.75) is 159 Å². The van der Waals surface area contributed by atoms with Crippen molar-refractivity contribution in [2.24, 2.45) is 0 Å². The molecule has 0 radical (unpaired) electrons. The smallest absolute Gasteiger partial charge is 0.394 e. The number of aromatic amines is 5. The first-order chi connectivity index (χ1) is 44.7. The standard InChI is InChI=1S/C51H67N10O31P3/c1-22-11-57(47(69)52-42(22)64)37-6-27(63)33(86-37)18-82-93(74,75)92-31-10-41(61-15-26(5)46(68)56-51(61)73)89-36(31)20-84-95(78,79)91-30-9-40(60-14-25(4)45(67)55-50(60)72)87-34(30)17-80-21-81-28-7-38(58-12-23(2)43(65)53-48(58)70)88-35(28)19-83-94(76,77)90-29-8-39(85-32(29)16-62)59-13-24(3)44(66)54-49(59)71/h11-15,27-41,62-63H,6-10,16-21H2,1-5H3,(H,74,75)(H,76,77)(H,78,79)(H,52,64,69)(H,53,65,70)(H,54,66,71)(H,55,67,72)(H,56,68,73)/t27-,28-,29-,30-,31-,32+,33+,34+,35+,36+,37+,38+,39+,40+,41+/m0/s1. The van der Waals surface area contributed by atoms with Gasteiger partial charge in [-0.2, -0.15) is 0 Å². The molecule has 10 rings (SSSR count). The molecule has 0 aliphatic carbocycles. The first-order valence-corrected chi connectivity index (χ1v) is 33.6. The number of phosphoric acid groups is 3. The molecule has 41 nitrogen and oxygen atoms in total. The summed E-state index contributed by atoms with van der Waals surface area (Å²) < 4.78 is 120. The van der Waals surface area contributed by atoms with Crippen molar-refractivity contribution in [1.29, 1.82) is 0 Å². The average Bonchev–Trinajstić information content (AvgIpc) is 1.70. The minimum atomic E-state index is -5.41. The number of rotatable bonds is 26. The molecule has 5 aliphatic heterocycles. The first kappa shape index (κ1) is 71.2. The summed E-state index contributed by atoms with van der Waals surface area (Å²) in [5, 5.41) is 20.8. The minimum Gasteiger partial charge on any atom is -0.394 e. The second-order valence-electron chi connectivity index (χ2n) is 22.9. The van der Waals surface area contributed by atoms with Gasteiger partial charge in [0.2, 0.25) is 0 Å². The Labute approximate surface area is 530 Å². The van der Waals surface area contributed by atoms with Crippen LogP contribution in [0.4, 0.5) is 0 Å². The van der Waals surface area contributed by atoms with E-state index in [1.807, 2.05) is 0 Å². The lowest BCUT2D eigenvalue weighted by molar-refractivity contribution is -0.142. The predicted octanol–water partition coefficient (Wildman–Crippen LogP) is -3.06. The largest absolute Gasteiger partial charge is 0.472 e. The van der Waals surface area contributed by atoms with Gasteiger partial charge in [-0.3, -0.25) is 98.9 Å². The third-order valence-electron chi connectivity index (χ3n) is 16.0. The van der Waals surface area contributed by atoms with Crippen molar-refractivity contribution >= 4 is 23.5 Å². The Morgan fingerprint density at radius 3 is 1.01 bits per heavy atom. The van der Waals surface area contributed by atoms with E-state index in [0.29, 0.717) is 0 Å². The van der Waals surface area contributed by atoms with Crippen molar-refractivity contribution in [3.8, 4) is 0 Å². The lowest BCUT2D eigenvalue weighted by atomic mass is 10.2. The van der Waals surface area contributed by atoms with Crippen LogP contribution < -0.4 is 56.2 Å². The van der Waals surface area contributed by atoms with Gasteiger partial charge in [-0.05, 0) is 34.6 Å². The molecule has 522 valence electrons. The van der Waals surface area contributed by atoms with E-state index in [1.54, 1.807) is 0 Å². The van der Waals surface area contributed by atoms with Gasteiger partial charge in [0.15, 0.2) is 0 Å². The number of hydrogen-bond donors (Lipinski definition) is 10. The van der Waals surface area contributed by atoms with Crippen molar-refractivity contribution < 1.29 is 98.9 Å². The summed E-state index contributed by atoms with van der Waals surface area (Å²) in [5.41, 5.74) is -7.62. The second kappa shape index (κ2) is 28.8. The molecule has 10 heterocycles. The molecule has 5 aromatic heterocycles. The maximum absolute atomic E-state index is 14.1. The fourth-order valence-corrected chi connectivity index (χ4v) is 13.9. The Hall–Kier alpha value is -6.63. The van der Waals surface area contributed by atoms with Crippen LogP contribution in [-0.2, 0) is 74.0 Å². The maximum Gasteiger partial charge on any atom is 0.472 e. The third-order valence-corrected chi connectivity index (χ3v) is 19.1. The van der Waals surface area contributed by atoms with E-state index in [9.17, 15) is 86.5 Å². The van der Waals surface area contributed by atoms with Gasteiger partial charge in [-0.1, -0.05) is 0 Å². The summed E-state index contributed by atoms with van der Waals surface area (Å²) in [6, 6.07) is 0. The minimum absolute atomic E-state index is 0.0319. The van der Waals surface area contributed by atoms with Crippen molar-refractivity contribution in [1.82, 2.24) is 47.8 Å². The molecule has 0 saturated carbocycles. The molecular formula is C51H67N10O31P3. The van der Waals surface area contributed by atoms with Crippen LogP contribution in [-0.4, -0.2) is 174 Å². The number of nitrogens with zero attached hydrogens (tertiary/aromatic N) is 5. The number of aromatic nitrogens is 10. The molecule has 0 amide bonds. The Morgan fingerprint density at radius 1 is 0.411 bits per heavy atom. The highest BCUT2D eigenvalue weighted by molar-refractivity contribution is 7.48. The lowest BCUT2D eigenvalue weighted by Crippen LogP contribution is -2.34. The summed E-state index contributed by atoms with van der Waals surface area (Å²) in [6.07, 6.45) is -16.1. The van der Waals surface area contributed by atoms with Gasteiger partial charge in [0.05, 0.1) is 45.2 Å². The quantitative estimate of drug-likeness (QED) is 0.0149. The molecule has 0 spiro atoms. The number of aliphatic hydroxyl groups excluding tert-OH is 2. The molecular weight excluding hydrogens is 1340 g/mol. The van der Waals surface area contributed by atoms with Crippen LogP contribution in [0.5, 0.6) is 0 Å². The summed E-state index contributed by atoms with van der Waals surface area (Å²) in [7, 11) is -15.8. The third kappa shape index (κ3) is 16.7. The Balaban J connectivity index is 0.813. The summed E-state index contributed by atoms with van der Waals surface area (Å²) >= 11 is 0. The zero-order valence-corrected chi connectivity index (χ0v) is 53.4. The number of nitrogens with one attached hydrogen (secondary N) is 5. The molecule has 10 N–H and O–H groups in total. The predicted molar refractivity (Wildman–Crippen MR) is 314 cm³/mol. The van der Waals surface area contributed by atoms with Gasteiger partial charge in [0, 0.05) is 90.9 Å². The number of ether oxygens (including phenoxy) is 7. The molecule has 5 aromatic rings. The van der Waals surface area contributed by atoms with Gasteiger partial charge in [0.1, 0.15) is 86.8 Å². The van der Waals surface area contributed by atoms with E-state index >= 15 is 0 Å². The van der Waals surface area contributed by atoms with Gasteiger partial charge < -0.3 is 58.1 Å². The highest BCUT2D eigenvalue weighted by Crippen LogP contribution is 2.53. The zero-order valence-electron chi connectivity index (χ0n) is 50.8. The molecule has 3 unspecified atom stereocenters. The van der Waals surface area contributed by atoms with Gasteiger partial charge >= 0.3 is 51.9 Å². The Kier molecular flexibility index (Phi) is 21.6. The van der Waals surface area contributed by atoms with Crippen LogP contribution in [0.1, 0.15) is 91.1 Å².